The van der Waals surface area contributed by atoms with Crippen LogP contribution in [0.25, 0.3) is 0 Å². The van der Waals surface area contributed by atoms with Crippen molar-refractivity contribution in [3.8, 4) is 0 Å². The van der Waals surface area contributed by atoms with Crippen LogP contribution in [-0.2, 0) is 16.6 Å². The van der Waals surface area contributed by atoms with Crippen LogP contribution in [0.3, 0.4) is 0 Å². The van der Waals surface area contributed by atoms with Gasteiger partial charge in [-0.05, 0) is 35.9 Å². The number of rotatable bonds is 7. The van der Waals surface area contributed by atoms with Gasteiger partial charge in [0.1, 0.15) is 5.82 Å². The van der Waals surface area contributed by atoms with Gasteiger partial charge in [-0.2, -0.15) is 0 Å². The minimum absolute atomic E-state index is 0.110. The standard InChI is InChI=1S/C17H20ClFN4O2S/c1-20-17(22-12-13-4-2-6-15(19)10-13)21-8-9-23-26(24,25)16-7-3-5-14(18)11-16/h2-7,10-11,23H,8-9,12H2,1H3,(H2,20,21,22). The summed E-state index contributed by atoms with van der Waals surface area (Å²) in [5.74, 6) is 0.180. The SMILES string of the molecule is CN=C(NCCNS(=O)(=O)c1cccc(Cl)c1)NCc1cccc(F)c1. The Kier molecular flexibility index (Phi) is 7.38. The van der Waals surface area contributed by atoms with Gasteiger partial charge in [-0.15, -0.1) is 0 Å². The number of nitrogens with zero attached hydrogens (tertiary/aromatic N) is 1. The Balaban J connectivity index is 1.78. The fourth-order valence-electron chi connectivity index (χ4n) is 2.14. The van der Waals surface area contributed by atoms with Crippen LogP contribution in [0.2, 0.25) is 5.02 Å². The molecular formula is C17H20ClFN4O2S. The van der Waals surface area contributed by atoms with Crippen LogP contribution < -0.4 is 15.4 Å². The van der Waals surface area contributed by atoms with Crippen molar-refractivity contribution >= 4 is 27.6 Å². The molecule has 0 fully saturated rings. The first-order valence-electron chi connectivity index (χ1n) is 7.85. The van der Waals surface area contributed by atoms with Crippen LogP contribution in [0.1, 0.15) is 5.56 Å². The lowest BCUT2D eigenvalue weighted by atomic mass is 10.2. The fourth-order valence-corrected chi connectivity index (χ4v) is 3.47. The average Bonchev–Trinajstić information content (AvgIpc) is 2.61. The molecule has 0 aliphatic rings. The maximum absolute atomic E-state index is 13.2. The number of aliphatic imine (C=N–C) groups is 1. The zero-order chi connectivity index (χ0) is 19.0. The summed E-state index contributed by atoms with van der Waals surface area (Å²) >= 11 is 5.82. The first-order chi connectivity index (χ1) is 12.4. The van der Waals surface area contributed by atoms with Crippen molar-refractivity contribution < 1.29 is 12.8 Å². The Labute approximate surface area is 157 Å². The van der Waals surface area contributed by atoms with Crippen LogP contribution in [0.15, 0.2) is 58.4 Å². The molecular weight excluding hydrogens is 379 g/mol. The Morgan fingerprint density at radius 2 is 1.88 bits per heavy atom. The molecule has 0 saturated carbocycles. The third-order valence-electron chi connectivity index (χ3n) is 3.39. The van der Waals surface area contributed by atoms with Crippen LogP contribution in [-0.4, -0.2) is 34.5 Å². The van der Waals surface area contributed by atoms with Crippen molar-refractivity contribution in [2.24, 2.45) is 4.99 Å². The zero-order valence-electron chi connectivity index (χ0n) is 14.2. The molecule has 0 amide bonds. The number of nitrogens with one attached hydrogen (secondary N) is 3. The molecule has 0 spiro atoms. The fraction of sp³-hybridized carbons (Fsp3) is 0.235. The summed E-state index contributed by atoms with van der Waals surface area (Å²) in [5.41, 5.74) is 0.773. The highest BCUT2D eigenvalue weighted by Gasteiger charge is 2.13. The number of sulfonamides is 1. The smallest absolute Gasteiger partial charge is 0.240 e. The summed E-state index contributed by atoms with van der Waals surface area (Å²) in [4.78, 5) is 4.15. The van der Waals surface area contributed by atoms with Crippen LogP contribution in [0.5, 0.6) is 0 Å². The Morgan fingerprint density at radius 3 is 2.58 bits per heavy atom. The lowest BCUT2D eigenvalue weighted by Crippen LogP contribution is -2.41. The highest BCUT2D eigenvalue weighted by Crippen LogP contribution is 2.14. The number of hydrogen-bond acceptors (Lipinski definition) is 3. The summed E-state index contributed by atoms with van der Waals surface area (Å²) in [7, 11) is -2.03. The van der Waals surface area contributed by atoms with E-state index < -0.39 is 10.0 Å². The molecule has 0 saturated heterocycles. The molecule has 9 heteroatoms. The van der Waals surface area contributed by atoms with Gasteiger partial charge >= 0.3 is 0 Å². The van der Waals surface area contributed by atoms with Gasteiger partial charge in [-0.1, -0.05) is 29.8 Å². The van der Waals surface area contributed by atoms with Gasteiger partial charge in [-0.25, -0.2) is 17.5 Å². The van der Waals surface area contributed by atoms with E-state index in [9.17, 15) is 12.8 Å². The molecule has 140 valence electrons. The summed E-state index contributed by atoms with van der Waals surface area (Å²) in [5, 5.41) is 6.36. The quantitative estimate of drug-likeness (QED) is 0.379. The number of hydrogen-bond donors (Lipinski definition) is 3. The minimum Gasteiger partial charge on any atom is -0.355 e. The number of halogens is 2. The lowest BCUT2D eigenvalue weighted by molar-refractivity contribution is 0.580. The lowest BCUT2D eigenvalue weighted by Gasteiger charge is -2.12. The second kappa shape index (κ2) is 9.51. The molecule has 0 atom stereocenters. The number of guanidine groups is 1. The molecule has 0 aliphatic carbocycles. The van der Waals surface area contributed by atoms with E-state index in [0.29, 0.717) is 24.1 Å². The first kappa shape index (κ1) is 20.2. The molecule has 0 aromatic heterocycles. The molecule has 2 aromatic carbocycles. The monoisotopic (exact) mass is 398 g/mol. The highest BCUT2D eigenvalue weighted by atomic mass is 35.5. The van der Waals surface area contributed by atoms with E-state index in [-0.39, 0.29) is 17.3 Å². The van der Waals surface area contributed by atoms with E-state index in [1.807, 2.05) is 0 Å². The van der Waals surface area contributed by atoms with Crippen molar-refractivity contribution in [2.45, 2.75) is 11.4 Å². The van der Waals surface area contributed by atoms with Crippen LogP contribution in [0.4, 0.5) is 4.39 Å². The molecule has 3 N–H and O–H groups in total. The Hall–Kier alpha value is -2.16. The van der Waals surface area contributed by atoms with E-state index in [0.717, 1.165) is 5.56 Å². The summed E-state index contributed by atoms with van der Waals surface area (Å²) in [6, 6.07) is 12.3. The van der Waals surface area contributed by atoms with Crippen molar-refractivity contribution in [2.75, 3.05) is 20.1 Å². The van der Waals surface area contributed by atoms with Crippen LogP contribution >= 0.6 is 11.6 Å². The predicted octanol–water partition coefficient (Wildman–Crippen LogP) is 2.12. The molecule has 0 bridgehead atoms. The molecule has 26 heavy (non-hydrogen) atoms. The summed E-state index contributed by atoms with van der Waals surface area (Å²) < 4.78 is 40.0. The summed E-state index contributed by atoms with van der Waals surface area (Å²) in [6.45, 7) is 0.879. The third kappa shape index (κ3) is 6.29. The molecule has 6 nitrogen and oxygen atoms in total. The maximum Gasteiger partial charge on any atom is 0.240 e. The highest BCUT2D eigenvalue weighted by molar-refractivity contribution is 7.89. The molecule has 0 radical (unpaired) electrons. The van der Waals surface area contributed by atoms with Gasteiger partial charge in [0, 0.05) is 31.7 Å². The largest absolute Gasteiger partial charge is 0.355 e. The van der Waals surface area contributed by atoms with Crippen LogP contribution in [0, 0.1) is 5.82 Å². The number of benzene rings is 2. The van der Waals surface area contributed by atoms with E-state index in [2.05, 4.69) is 20.3 Å². The van der Waals surface area contributed by atoms with E-state index in [4.69, 9.17) is 11.6 Å². The second-order valence-corrected chi connectivity index (χ2v) is 7.54. The van der Waals surface area contributed by atoms with Crippen molar-refractivity contribution in [3.05, 3.63) is 64.9 Å². The van der Waals surface area contributed by atoms with Gasteiger partial charge in [0.25, 0.3) is 0 Å². The topological polar surface area (TPSA) is 82.6 Å². The maximum atomic E-state index is 13.2. The normalized spacial score (nSPS) is 12.0. The molecule has 0 aliphatic heterocycles. The molecule has 0 heterocycles. The predicted molar refractivity (Wildman–Crippen MR) is 101 cm³/mol. The van der Waals surface area contributed by atoms with Gasteiger partial charge in [0.05, 0.1) is 4.90 Å². The summed E-state index contributed by atoms with van der Waals surface area (Å²) in [6.07, 6.45) is 0. The van der Waals surface area contributed by atoms with Gasteiger partial charge in [-0.3, -0.25) is 4.99 Å². The van der Waals surface area contributed by atoms with E-state index >= 15 is 0 Å². The van der Waals surface area contributed by atoms with Gasteiger partial charge < -0.3 is 10.6 Å². The first-order valence-corrected chi connectivity index (χ1v) is 9.71. The second-order valence-electron chi connectivity index (χ2n) is 5.34. The van der Waals surface area contributed by atoms with Crippen molar-refractivity contribution in [1.82, 2.24) is 15.4 Å². The molecule has 0 unspecified atom stereocenters. The average molecular weight is 399 g/mol. The Morgan fingerprint density at radius 1 is 1.12 bits per heavy atom. The Bertz CT molecular complexity index is 875. The molecule has 2 aromatic rings. The van der Waals surface area contributed by atoms with Crippen molar-refractivity contribution in [1.29, 1.82) is 0 Å². The van der Waals surface area contributed by atoms with E-state index in [1.54, 1.807) is 31.3 Å². The third-order valence-corrected chi connectivity index (χ3v) is 5.08. The minimum atomic E-state index is -3.62. The molecule has 2 rings (SSSR count). The zero-order valence-corrected chi connectivity index (χ0v) is 15.7. The van der Waals surface area contributed by atoms with Gasteiger partial charge in [0.2, 0.25) is 10.0 Å². The van der Waals surface area contributed by atoms with Gasteiger partial charge in [0.15, 0.2) is 5.96 Å². The van der Waals surface area contributed by atoms with Crippen molar-refractivity contribution in [3.63, 3.8) is 0 Å². The van der Waals surface area contributed by atoms with E-state index in [1.165, 1.54) is 24.3 Å².